The van der Waals surface area contributed by atoms with Gasteiger partial charge < -0.3 is 4.90 Å². The molecule has 164 valence electrons. The Morgan fingerprint density at radius 2 is 1.94 bits per heavy atom. The van der Waals surface area contributed by atoms with Gasteiger partial charge in [0.25, 0.3) is 5.56 Å². The summed E-state index contributed by atoms with van der Waals surface area (Å²) < 4.78 is 1.42. The average Bonchev–Trinajstić information content (AvgIpc) is 2.75. The van der Waals surface area contributed by atoms with E-state index in [0.717, 1.165) is 17.7 Å². The minimum Gasteiger partial charge on any atom is -0.352 e. The van der Waals surface area contributed by atoms with Crippen LogP contribution in [0.1, 0.15) is 45.6 Å². The van der Waals surface area contributed by atoms with Crippen LogP contribution in [0.4, 0.5) is 10.6 Å². The molecule has 9 heteroatoms. The summed E-state index contributed by atoms with van der Waals surface area (Å²) in [6.07, 6.45) is 4.00. The zero-order valence-electron chi connectivity index (χ0n) is 18.1. The molecule has 1 N–H and O–H groups in total. The van der Waals surface area contributed by atoms with Crippen LogP contribution in [-0.2, 0) is 16.0 Å². The monoisotopic (exact) mass is 425 g/mol. The molecular weight excluding hydrogens is 398 g/mol. The number of carbonyl (C=O) groups is 3. The summed E-state index contributed by atoms with van der Waals surface area (Å²) in [6, 6.07) is 4.02. The van der Waals surface area contributed by atoms with Gasteiger partial charge in [-0.25, -0.2) is 9.78 Å². The molecule has 31 heavy (non-hydrogen) atoms. The van der Waals surface area contributed by atoms with Gasteiger partial charge in [0.15, 0.2) is 5.41 Å². The lowest BCUT2D eigenvalue weighted by molar-refractivity contribution is -0.153. The van der Waals surface area contributed by atoms with Crippen molar-refractivity contribution in [2.24, 2.45) is 5.41 Å². The molecule has 2 atom stereocenters. The third-order valence-corrected chi connectivity index (χ3v) is 6.54. The standard InChI is InChI=1S/C22H27N5O4/c1-4-6-8-12-27-20(30)22(19(29)24-21(27)31)13-15-17(25(5-2)14(22)3)23-16-10-7-9-11-26(16)18(15)28/h7,9-11,14H,4-6,8,12-13H2,1-3H3,(H,24,29,31)/t14-,22-/m0/s1. The predicted molar refractivity (Wildman–Crippen MR) is 115 cm³/mol. The highest BCUT2D eigenvalue weighted by Crippen LogP contribution is 2.42. The number of nitrogens with zero attached hydrogens (tertiary/aromatic N) is 4. The van der Waals surface area contributed by atoms with E-state index < -0.39 is 29.3 Å². The zero-order chi connectivity index (χ0) is 22.3. The van der Waals surface area contributed by atoms with Crippen LogP contribution in [0.5, 0.6) is 0 Å². The molecule has 9 nitrogen and oxygen atoms in total. The Labute approximate surface area is 180 Å². The highest BCUT2D eigenvalue weighted by molar-refractivity contribution is 6.20. The number of amides is 4. The molecule has 2 aliphatic heterocycles. The number of aromatic nitrogens is 2. The van der Waals surface area contributed by atoms with E-state index in [0.29, 0.717) is 30.0 Å². The lowest BCUT2D eigenvalue weighted by atomic mass is 9.69. The maximum absolute atomic E-state index is 13.7. The van der Waals surface area contributed by atoms with Gasteiger partial charge in [0.1, 0.15) is 11.5 Å². The van der Waals surface area contributed by atoms with E-state index in [1.54, 1.807) is 31.3 Å². The molecule has 0 bridgehead atoms. The van der Waals surface area contributed by atoms with Crippen molar-refractivity contribution in [3.63, 3.8) is 0 Å². The van der Waals surface area contributed by atoms with Crippen molar-refractivity contribution >= 4 is 29.3 Å². The number of hydrogen-bond donors (Lipinski definition) is 1. The van der Waals surface area contributed by atoms with E-state index in [9.17, 15) is 19.2 Å². The number of fused-ring (bicyclic) bond motifs is 2. The summed E-state index contributed by atoms with van der Waals surface area (Å²) >= 11 is 0. The van der Waals surface area contributed by atoms with E-state index in [2.05, 4.69) is 10.3 Å². The van der Waals surface area contributed by atoms with Crippen molar-refractivity contribution in [1.82, 2.24) is 19.6 Å². The van der Waals surface area contributed by atoms with E-state index in [1.807, 2.05) is 18.7 Å². The second kappa shape index (κ2) is 7.79. The fraction of sp³-hybridized carbons (Fsp3) is 0.500. The van der Waals surface area contributed by atoms with Crippen LogP contribution >= 0.6 is 0 Å². The van der Waals surface area contributed by atoms with E-state index in [-0.39, 0.29) is 18.5 Å². The van der Waals surface area contributed by atoms with Gasteiger partial charge in [-0.15, -0.1) is 0 Å². The number of imide groups is 2. The highest BCUT2D eigenvalue weighted by atomic mass is 16.2. The van der Waals surface area contributed by atoms with Gasteiger partial charge >= 0.3 is 6.03 Å². The maximum Gasteiger partial charge on any atom is 0.330 e. The molecule has 0 aliphatic carbocycles. The van der Waals surface area contributed by atoms with E-state index in [1.165, 1.54) is 4.40 Å². The summed E-state index contributed by atoms with van der Waals surface area (Å²) in [7, 11) is 0. The van der Waals surface area contributed by atoms with Crippen molar-refractivity contribution in [2.75, 3.05) is 18.0 Å². The number of barbiturate groups is 1. The third kappa shape index (κ3) is 3.02. The molecule has 1 spiro atoms. The molecule has 0 radical (unpaired) electrons. The second-order valence-corrected chi connectivity index (χ2v) is 8.18. The predicted octanol–water partition coefficient (Wildman–Crippen LogP) is 1.72. The topological polar surface area (TPSA) is 104 Å². The van der Waals surface area contributed by atoms with Crippen molar-refractivity contribution in [3.05, 3.63) is 40.3 Å². The molecule has 2 aromatic heterocycles. The maximum atomic E-state index is 13.7. The number of carbonyl (C=O) groups excluding carboxylic acids is 3. The summed E-state index contributed by atoms with van der Waals surface area (Å²) in [5.41, 5.74) is -1.05. The van der Waals surface area contributed by atoms with E-state index >= 15 is 0 Å². The Hall–Kier alpha value is -3.23. The van der Waals surface area contributed by atoms with Gasteiger partial charge in [-0.2, -0.15) is 0 Å². The first kappa shape index (κ1) is 21.0. The Balaban J connectivity index is 1.86. The SMILES string of the molecule is CCCCCN1C(=O)NC(=O)[C@@]2(Cc3c(nc4ccccn4c3=O)N(CC)[C@H]2C)C1=O. The molecule has 1 fully saturated rings. The zero-order valence-corrected chi connectivity index (χ0v) is 18.1. The fourth-order valence-electron chi connectivity index (χ4n) is 4.76. The molecule has 4 rings (SSSR count). The van der Waals surface area contributed by atoms with Crippen molar-refractivity contribution in [3.8, 4) is 0 Å². The van der Waals surface area contributed by atoms with Crippen molar-refractivity contribution < 1.29 is 14.4 Å². The van der Waals surface area contributed by atoms with Gasteiger partial charge in [-0.3, -0.25) is 29.0 Å². The van der Waals surface area contributed by atoms with Crippen LogP contribution in [0, 0.1) is 5.41 Å². The molecule has 0 unspecified atom stereocenters. The van der Waals surface area contributed by atoms with Gasteiger partial charge in [0, 0.05) is 25.7 Å². The number of urea groups is 1. The first-order valence-corrected chi connectivity index (χ1v) is 10.8. The number of nitrogens with one attached hydrogen (secondary N) is 1. The molecule has 1 saturated heterocycles. The van der Waals surface area contributed by atoms with Gasteiger partial charge in [0.2, 0.25) is 11.8 Å². The van der Waals surface area contributed by atoms with Crippen LogP contribution in [0.25, 0.3) is 5.65 Å². The number of rotatable bonds is 5. The lowest BCUT2D eigenvalue weighted by Crippen LogP contribution is -2.72. The Bertz CT molecular complexity index is 1130. The Morgan fingerprint density at radius 1 is 1.16 bits per heavy atom. The van der Waals surface area contributed by atoms with Crippen LogP contribution in [0.3, 0.4) is 0 Å². The third-order valence-electron chi connectivity index (χ3n) is 6.54. The van der Waals surface area contributed by atoms with E-state index in [4.69, 9.17) is 0 Å². The molecular formula is C22H27N5O4. The first-order valence-electron chi connectivity index (χ1n) is 10.8. The fourth-order valence-corrected chi connectivity index (χ4v) is 4.76. The van der Waals surface area contributed by atoms with Gasteiger partial charge in [-0.05, 0) is 32.4 Å². The normalized spacial score (nSPS) is 23.5. The largest absolute Gasteiger partial charge is 0.352 e. The number of anilines is 1. The van der Waals surface area contributed by atoms with Crippen LogP contribution in [0.15, 0.2) is 29.2 Å². The molecule has 2 aliphatic rings. The number of hydrogen-bond acceptors (Lipinski definition) is 6. The van der Waals surface area contributed by atoms with Crippen molar-refractivity contribution in [2.45, 2.75) is 52.5 Å². The molecule has 4 amide bonds. The quantitative estimate of drug-likeness (QED) is 0.578. The number of pyridine rings is 1. The minimum atomic E-state index is -1.56. The van der Waals surface area contributed by atoms with Crippen LogP contribution < -0.4 is 15.8 Å². The average molecular weight is 425 g/mol. The van der Waals surface area contributed by atoms with Crippen LogP contribution in [-0.4, -0.2) is 51.3 Å². The molecule has 0 saturated carbocycles. The summed E-state index contributed by atoms with van der Waals surface area (Å²) in [5.74, 6) is -0.693. The summed E-state index contributed by atoms with van der Waals surface area (Å²) in [5, 5.41) is 2.38. The highest BCUT2D eigenvalue weighted by Gasteiger charge is 2.61. The van der Waals surface area contributed by atoms with Crippen molar-refractivity contribution in [1.29, 1.82) is 0 Å². The first-order chi connectivity index (χ1) is 14.9. The number of unbranched alkanes of at least 4 members (excludes halogenated alkanes) is 2. The smallest absolute Gasteiger partial charge is 0.330 e. The Kier molecular flexibility index (Phi) is 5.28. The van der Waals surface area contributed by atoms with Gasteiger partial charge in [-0.1, -0.05) is 25.8 Å². The molecule has 4 heterocycles. The minimum absolute atomic E-state index is 0.0914. The molecule has 2 aromatic rings. The summed E-state index contributed by atoms with van der Waals surface area (Å²) in [6.45, 7) is 6.42. The summed E-state index contributed by atoms with van der Waals surface area (Å²) in [4.78, 5) is 60.3. The second-order valence-electron chi connectivity index (χ2n) is 8.18. The Morgan fingerprint density at radius 3 is 2.65 bits per heavy atom. The van der Waals surface area contributed by atoms with Gasteiger partial charge in [0.05, 0.1) is 11.6 Å². The lowest BCUT2D eigenvalue weighted by Gasteiger charge is -2.49. The van der Waals surface area contributed by atoms with Crippen LogP contribution in [0.2, 0.25) is 0 Å². The molecule has 0 aromatic carbocycles.